The first-order valence-corrected chi connectivity index (χ1v) is 13.5. The minimum absolute atomic E-state index is 0.0350. The summed E-state index contributed by atoms with van der Waals surface area (Å²) in [4.78, 5) is 35.4. The van der Waals surface area contributed by atoms with Crippen molar-refractivity contribution in [2.24, 2.45) is 0 Å². The van der Waals surface area contributed by atoms with Crippen molar-refractivity contribution in [3.8, 4) is 68.5 Å². The molecule has 9 rings (SSSR count). The Morgan fingerprint density at radius 3 is 1.11 bits per heavy atom. The SMILES string of the molecule is Oc1ccc2c(c1)-c1nc-2nc2[nH]c(nc3nc(nc4[nH]c(n1)c1ccc(O)cc41)-c1cc(O)ccc1-3)c1cc(O)ccc21. The summed E-state index contributed by atoms with van der Waals surface area (Å²) in [7, 11) is 0. The monoisotopic (exact) mass is 578 g/mol. The third-order valence-electron chi connectivity index (χ3n) is 7.76. The molecule has 0 radical (unpaired) electrons. The Kier molecular flexibility index (Phi) is 4.64. The Morgan fingerprint density at radius 2 is 0.682 bits per heavy atom. The van der Waals surface area contributed by atoms with Gasteiger partial charge < -0.3 is 30.4 Å². The van der Waals surface area contributed by atoms with Crippen LogP contribution in [0.3, 0.4) is 0 Å². The van der Waals surface area contributed by atoms with Gasteiger partial charge in [0.1, 0.15) is 45.6 Å². The highest BCUT2D eigenvalue weighted by Gasteiger charge is 2.23. The molecular formula is C32H18N8O4. The largest absolute Gasteiger partial charge is 0.508 e. The van der Waals surface area contributed by atoms with E-state index in [1.807, 2.05) is 0 Å². The maximum atomic E-state index is 10.3. The van der Waals surface area contributed by atoms with Gasteiger partial charge in [0.2, 0.25) is 0 Å². The van der Waals surface area contributed by atoms with Crippen LogP contribution in [-0.2, 0) is 0 Å². The number of hydrogen-bond donors (Lipinski definition) is 6. The highest BCUT2D eigenvalue weighted by atomic mass is 16.3. The Hall–Kier alpha value is -6.56. The predicted molar refractivity (Wildman–Crippen MR) is 163 cm³/mol. The van der Waals surface area contributed by atoms with Gasteiger partial charge in [0.25, 0.3) is 0 Å². The van der Waals surface area contributed by atoms with Crippen LogP contribution < -0.4 is 0 Å². The van der Waals surface area contributed by atoms with E-state index in [0.717, 1.165) is 0 Å². The highest BCUT2D eigenvalue weighted by molar-refractivity contribution is 6.07. The molecule has 44 heavy (non-hydrogen) atoms. The fourth-order valence-corrected chi connectivity index (χ4v) is 5.75. The second kappa shape index (κ2) is 8.49. The van der Waals surface area contributed by atoms with Crippen LogP contribution in [-0.4, -0.2) is 60.3 Å². The van der Waals surface area contributed by atoms with E-state index in [1.165, 1.54) is 0 Å². The van der Waals surface area contributed by atoms with Gasteiger partial charge in [0.05, 0.1) is 0 Å². The number of aromatic nitrogens is 8. The van der Waals surface area contributed by atoms with Crippen LogP contribution in [0.5, 0.6) is 23.0 Å². The van der Waals surface area contributed by atoms with E-state index < -0.39 is 0 Å². The second-order valence-corrected chi connectivity index (χ2v) is 10.5. The van der Waals surface area contributed by atoms with E-state index in [0.29, 0.717) is 83.9 Å². The summed E-state index contributed by atoms with van der Waals surface area (Å²) in [5.74, 6) is 1.47. The van der Waals surface area contributed by atoms with Crippen LogP contribution in [0.25, 0.3) is 89.7 Å². The van der Waals surface area contributed by atoms with Gasteiger partial charge in [-0.2, -0.15) is 0 Å². The molecule has 4 aromatic carbocycles. The number of aromatic amines is 2. The van der Waals surface area contributed by atoms with Crippen molar-refractivity contribution >= 4 is 44.1 Å². The average molecular weight is 579 g/mol. The minimum Gasteiger partial charge on any atom is -0.508 e. The number of phenols is 4. The fourth-order valence-electron chi connectivity index (χ4n) is 5.75. The standard InChI is InChI=1S/C32H18N8O4/c41-13-1-5-17-21(9-13)29-34-25(17)33-26-18-6-2-14(42)10-22(18)30(35-26)37-28-20-8-4-16(44)12-24(20)32(39-28)40-31-23-11-15(43)3-7-19(23)27(36-29)38-31/h1-12,41-44H,(H2,33,34,35,36,37,38,39,40). The minimum atomic E-state index is 0.0350. The molecule has 210 valence electrons. The molecule has 0 aliphatic carbocycles. The van der Waals surface area contributed by atoms with Gasteiger partial charge in [-0.05, 0) is 72.8 Å². The molecule has 5 heterocycles. The number of rotatable bonds is 0. The molecule has 2 aliphatic heterocycles. The smallest absolute Gasteiger partial charge is 0.164 e. The van der Waals surface area contributed by atoms with E-state index in [9.17, 15) is 20.4 Å². The van der Waals surface area contributed by atoms with E-state index in [-0.39, 0.29) is 28.8 Å². The van der Waals surface area contributed by atoms with Gasteiger partial charge in [-0.3, -0.25) is 0 Å². The zero-order chi connectivity index (χ0) is 29.7. The molecule has 0 saturated carbocycles. The van der Waals surface area contributed by atoms with Crippen molar-refractivity contribution in [2.75, 3.05) is 0 Å². The lowest BCUT2D eigenvalue weighted by Crippen LogP contribution is -1.83. The number of fused-ring (bicyclic) bond motifs is 20. The molecule has 12 nitrogen and oxygen atoms in total. The van der Waals surface area contributed by atoms with Gasteiger partial charge in [-0.25, -0.2) is 29.9 Å². The van der Waals surface area contributed by atoms with E-state index in [1.54, 1.807) is 72.8 Å². The van der Waals surface area contributed by atoms with Gasteiger partial charge in [-0.1, -0.05) is 0 Å². The molecule has 8 bridgehead atoms. The predicted octanol–water partition coefficient (Wildman–Crippen LogP) is 5.69. The fraction of sp³-hybridized carbons (Fsp3) is 0. The van der Waals surface area contributed by atoms with Crippen molar-refractivity contribution < 1.29 is 20.4 Å². The molecule has 2 aliphatic rings. The molecule has 0 fully saturated rings. The average Bonchev–Trinajstić information content (AvgIpc) is 3.71. The number of nitrogens with zero attached hydrogens (tertiary/aromatic N) is 6. The zero-order valence-corrected chi connectivity index (χ0v) is 22.4. The lowest BCUT2D eigenvalue weighted by molar-refractivity contribution is 0.475. The Balaban J connectivity index is 1.51. The number of phenolic OH excluding ortho intramolecular Hbond substituents is 4. The topological polar surface area (TPSA) is 190 Å². The van der Waals surface area contributed by atoms with Crippen molar-refractivity contribution in [1.29, 1.82) is 0 Å². The maximum absolute atomic E-state index is 10.3. The van der Waals surface area contributed by atoms with Crippen molar-refractivity contribution in [2.45, 2.75) is 0 Å². The second-order valence-electron chi connectivity index (χ2n) is 10.5. The number of nitrogens with one attached hydrogen (secondary N) is 2. The number of hydrogen-bond acceptors (Lipinski definition) is 10. The number of benzene rings is 4. The summed E-state index contributed by atoms with van der Waals surface area (Å²) in [5, 5.41) is 43.9. The zero-order valence-electron chi connectivity index (χ0n) is 22.4. The first kappa shape index (κ1) is 24.1. The van der Waals surface area contributed by atoms with E-state index in [2.05, 4.69) is 9.97 Å². The lowest BCUT2D eigenvalue weighted by atomic mass is 10.1. The van der Waals surface area contributed by atoms with E-state index in [4.69, 9.17) is 29.9 Å². The Bertz CT molecular complexity index is 2570. The molecule has 6 N–H and O–H groups in total. The summed E-state index contributed by atoms with van der Waals surface area (Å²) in [6, 6.07) is 19.5. The van der Waals surface area contributed by atoms with Crippen LogP contribution in [0.15, 0.2) is 72.8 Å². The first-order valence-electron chi connectivity index (χ1n) is 13.5. The number of H-pyrrole nitrogens is 2. The molecule has 3 aromatic heterocycles. The van der Waals surface area contributed by atoms with Crippen LogP contribution in [0, 0.1) is 0 Å². The lowest BCUT2D eigenvalue weighted by Gasteiger charge is -1.99. The summed E-state index contributed by atoms with van der Waals surface area (Å²) in [6.45, 7) is 0. The molecule has 7 aromatic rings. The summed E-state index contributed by atoms with van der Waals surface area (Å²) >= 11 is 0. The van der Waals surface area contributed by atoms with Crippen molar-refractivity contribution in [3.63, 3.8) is 0 Å². The molecule has 0 saturated heterocycles. The third kappa shape index (κ3) is 3.51. The van der Waals surface area contributed by atoms with Gasteiger partial charge in [0.15, 0.2) is 23.3 Å². The third-order valence-corrected chi connectivity index (χ3v) is 7.76. The molecule has 12 heteroatoms. The van der Waals surface area contributed by atoms with E-state index >= 15 is 0 Å². The normalized spacial score (nSPS) is 12.0. The van der Waals surface area contributed by atoms with Crippen LogP contribution >= 0.6 is 0 Å². The molecular weight excluding hydrogens is 560 g/mol. The van der Waals surface area contributed by atoms with Crippen LogP contribution in [0.4, 0.5) is 0 Å². The Morgan fingerprint density at radius 1 is 0.341 bits per heavy atom. The molecule has 0 amide bonds. The van der Waals surface area contributed by atoms with Crippen LogP contribution in [0.2, 0.25) is 0 Å². The van der Waals surface area contributed by atoms with Gasteiger partial charge in [-0.15, -0.1) is 0 Å². The molecule has 0 unspecified atom stereocenters. The quantitative estimate of drug-likeness (QED) is 0.130. The van der Waals surface area contributed by atoms with Crippen LogP contribution in [0.1, 0.15) is 0 Å². The van der Waals surface area contributed by atoms with Crippen molar-refractivity contribution in [3.05, 3.63) is 72.8 Å². The molecule has 0 atom stereocenters. The number of aromatic hydroxyl groups is 4. The van der Waals surface area contributed by atoms with Gasteiger partial charge >= 0.3 is 0 Å². The first-order chi connectivity index (χ1) is 21.4. The highest BCUT2D eigenvalue weighted by Crippen LogP contribution is 2.39. The maximum Gasteiger partial charge on any atom is 0.164 e. The van der Waals surface area contributed by atoms with Gasteiger partial charge in [0, 0.05) is 43.8 Å². The molecule has 0 spiro atoms. The summed E-state index contributed by atoms with van der Waals surface area (Å²) in [5.41, 5.74) is 4.09. The summed E-state index contributed by atoms with van der Waals surface area (Å²) < 4.78 is 0. The Labute approximate surface area is 245 Å². The van der Waals surface area contributed by atoms with Crippen molar-refractivity contribution in [1.82, 2.24) is 39.9 Å². The summed E-state index contributed by atoms with van der Waals surface area (Å²) in [6.07, 6.45) is 0.